The summed E-state index contributed by atoms with van der Waals surface area (Å²) in [5.74, 6) is 0.709. The number of anilines is 1. The number of rotatable bonds is 2. The summed E-state index contributed by atoms with van der Waals surface area (Å²) in [4.78, 5) is 24.3. The highest BCUT2D eigenvalue weighted by Gasteiger charge is 2.42. The van der Waals surface area contributed by atoms with Crippen molar-refractivity contribution >= 4 is 11.9 Å². The van der Waals surface area contributed by atoms with Gasteiger partial charge in [-0.05, 0) is 13.0 Å². The maximum atomic E-state index is 11.8. The zero-order chi connectivity index (χ0) is 14.7. The van der Waals surface area contributed by atoms with E-state index in [0.29, 0.717) is 38.8 Å². The molecule has 1 aromatic rings. The monoisotopic (exact) mass is 292 g/mol. The third-order valence-electron chi connectivity index (χ3n) is 3.90. The SMILES string of the molecule is CCN1CC2(COCCN(c3ncccn3)C2)OCC1=O. The van der Waals surface area contributed by atoms with Gasteiger partial charge in [-0.2, -0.15) is 0 Å². The van der Waals surface area contributed by atoms with Crippen molar-refractivity contribution in [1.29, 1.82) is 0 Å². The predicted molar refractivity (Wildman–Crippen MR) is 76.0 cm³/mol. The van der Waals surface area contributed by atoms with Crippen molar-refractivity contribution in [2.45, 2.75) is 12.5 Å². The predicted octanol–water partition coefficient (Wildman–Crippen LogP) is -0.0693. The van der Waals surface area contributed by atoms with Crippen LogP contribution in [-0.4, -0.2) is 72.4 Å². The highest BCUT2D eigenvalue weighted by molar-refractivity contribution is 5.78. The number of likely N-dealkylation sites (N-methyl/N-ethyl adjacent to an activating group) is 1. The van der Waals surface area contributed by atoms with Crippen LogP contribution in [0.2, 0.25) is 0 Å². The van der Waals surface area contributed by atoms with Crippen LogP contribution in [0.25, 0.3) is 0 Å². The van der Waals surface area contributed by atoms with Crippen molar-refractivity contribution in [1.82, 2.24) is 14.9 Å². The van der Waals surface area contributed by atoms with Gasteiger partial charge >= 0.3 is 0 Å². The van der Waals surface area contributed by atoms with E-state index in [9.17, 15) is 4.79 Å². The van der Waals surface area contributed by atoms with Crippen LogP contribution in [0.5, 0.6) is 0 Å². The summed E-state index contributed by atoms with van der Waals surface area (Å²) in [6, 6.07) is 1.79. The molecule has 0 bridgehead atoms. The van der Waals surface area contributed by atoms with Crippen molar-refractivity contribution in [3.05, 3.63) is 18.5 Å². The Hall–Kier alpha value is -1.73. The number of morpholine rings is 1. The summed E-state index contributed by atoms with van der Waals surface area (Å²) in [5.41, 5.74) is -0.500. The molecular formula is C14H20N4O3. The molecule has 2 aliphatic rings. The van der Waals surface area contributed by atoms with Gasteiger partial charge in [0, 0.05) is 25.5 Å². The van der Waals surface area contributed by atoms with Crippen LogP contribution in [0, 0.1) is 0 Å². The summed E-state index contributed by atoms with van der Waals surface area (Å²) < 4.78 is 11.6. The lowest BCUT2D eigenvalue weighted by molar-refractivity contribution is -0.169. The van der Waals surface area contributed by atoms with E-state index in [1.165, 1.54) is 0 Å². The van der Waals surface area contributed by atoms with E-state index < -0.39 is 5.60 Å². The lowest BCUT2D eigenvalue weighted by atomic mass is 10.0. The van der Waals surface area contributed by atoms with E-state index in [4.69, 9.17) is 9.47 Å². The van der Waals surface area contributed by atoms with Crippen molar-refractivity contribution in [2.75, 3.05) is 50.9 Å². The second kappa shape index (κ2) is 5.95. The van der Waals surface area contributed by atoms with Crippen molar-refractivity contribution < 1.29 is 14.3 Å². The van der Waals surface area contributed by atoms with Crippen LogP contribution < -0.4 is 4.90 Å². The van der Waals surface area contributed by atoms with Gasteiger partial charge in [0.25, 0.3) is 0 Å². The van der Waals surface area contributed by atoms with Crippen LogP contribution in [-0.2, 0) is 14.3 Å². The minimum Gasteiger partial charge on any atom is -0.376 e. The highest BCUT2D eigenvalue weighted by atomic mass is 16.6. The first-order valence-electron chi connectivity index (χ1n) is 7.24. The first kappa shape index (κ1) is 14.2. The summed E-state index contributed by atoms with van der Waals surface area (Å²) in [6.45, 7) is 5.75. The van der Waals surface area contributed by atoms with Crippen LogP contribution in [0.4, 0.5) is 5.95 Å². The fourth-order valence-corrected chi connectivity index (χ4v) is 2.79. The molecule has 21 heavy (non-hydrogen) atoms. The zero-order valence-corrected chi connectivity index (χ0v) is 12.2. The maximum Gasteiger partial charge on any atom is 0.248 e. The molecule has 3 rings (SSSR count). The minimum atomic E-state index is -0.500. The molecule has 1 aromatic heterocycles. The van der Waals surface area contributed by atoms with Crippen molar-refractivity contribution in [3.63, 3.8) is 0 Å². The summed E-state index contributed by atoms with van der Waals surface area (Å²) >= 11 is 0. The minimum absolute atomic E-state index is 0.0369. The van der Waals surface area contributed by atoms with Crippen LogP contribution in [0.1, 0.15) is 6.92 Å². The van der Waals surface area contributed by atoms with Gasteiger partial charge < -0.3 is 19.3 Å². The molecule has 0 saturated carbocycles. The fraction of sp³-hybridized carbons (Fsp3) is 0.643. The Labute approximate surface area is 123 Å². The molecule has 2 fully saturated rings. The molecule has 1 spiro atoms. The van der Waals surface area contributed by atoms with Gasteiger partial charge in [-0.25, -0.2) is 9.97 Å². The molecule has 1 unspecified atom stereocenters. The molecule has 1 amide bonds. The lowest BCUT2D eigenvalue weighted by Crippen LogP contribution is -2.60. The van der Waals surface area contributed by atoms with Crippen LogP contribution in [0.15, 0.2) is 18.5 Å². The Morgan fingerprint density at radius 2 is 2.14 bits per heavy atom. The maximum absolute atomic E-state index is 11.8. The molecule has 0 radical (unpaired) electrons. The Balaban J connectivity index is 1.80. The van der Waals surface area contributed by atoms with E-state index in [2.05, 4.69) is 14.9 Å². The summed E-state index contributed by atoms with van der Waals surface area (Å²) in [7, 11) is 0. The highest BCUT2D eigenvalue weighted by Crippen LogP contribution is 2.24. The molecule has 2 saturated heterocycles. The van der Waals surface area contributed by atoms with E-state index >= 15 is 0 Å². The Morgan fingerprint density at radius 3 is 2.90 bits per heavy atom. The standard InChI is InChI=1S/C14H20N4O3/c1-2-17-9-14(21-8-12(17)19)10-18(6-7-20-11-14)13-15-4-3-5-16-13/h3-5H,2,6-11H2,1H3. The van der Waals surface area contributed by atoms with Crippen molar-refractivity contribution in [2.24, 2.45) is 0 Å². The van der Waals surface area contributed by atoms with Gasteiger partial charge in [0.05, 0.1) is 26.3 Å². The zero-order valence-electron chi connectivity index (χ0n) is 12.2. The third kappa shape index (κ3) is 2.98. The first-order valence-corrected chi connectivity index (χ1v) is 7.24. The van der Waals surface area contributed by atoms with Crippen LogP contribution in [0.3, 0.4) is 0 Å². The van der Waals surface area contributed by atoms with Gasteiger partial charge in [-0.1, -0.05) is 0 Å². The molecule has 3 heterocycles. The largest absolute Gasteiger partial charge is 0.376 e. The molecule has 0 N–H and O–H groups in total. The van der Waals surface area contributed by atoms with Gasteiger partial charge in [-0.15, -0.1) is 0 Å². The smallest absolute Gasteiger partial charge is 0.248 e. The Bertz CT molecular complexity index is 498. The van der Waals surface area contributed by atoms with Gasteiger partial charge in [0.2, 0.25) is 11.9 Å². The average Bonchev–Trinajstić information content (AvgIpc) is 2.74. The number of hydrogen-bond acceptors (Lipinski definition) is 6. The molecule has 1 atom stereocenters. The molecule has 0 aromatic carbocycles. The van der Waals surface area contributed by atoms with E-state index in [-0.39, 0.29) is 12.5 Å². The number of amides is 1. The number of carbonyl (C=O) groups is 1. The third-order valence-corrected chi connectivity index (χ3v) is 3.90. The number of aromatic nitrogens is 2. The topological polar surface area (TPSA) is 67.8 Å². The van der Waals surface area contributed by atoms with Gasteiger partial charge in [0.1, 0.15) is 12.2 Å². The quantitative estimate of drug-likeness (QED) is 0.760. The lowest BCUT2D eigenvalue weighted by Gasteiger charge is -2.42. The number of carbonyl (C=O) groups excluding carboxylic acids is 1. The number of ether oxygens (including phenoxy) is 2. The van der Waals surface area contributed by atoms with E-state index in [1.54, 1.807) is 18.5 Å². The Morgan fingerprint density at radius 1 is 1.33 bits per heavy atom. The molecule has 114 valence electrons. The van der Waals surface area contributed by atoms with Crippen LogP contribution >= 0.6 is 0 Å². The van der Waals surface area contributed by atoms with Gasteiger partial charge in [0.15, 0.2) is 0 Å². The fourth-order valence-electron chi connectivity index (χ4n) is 2.79. The second-order valence-electron chi connectivity index (χ2n) is 5.40. The molecular weight excluding hydrogens is 272 g/mol. The summed E-state index contributed by atoms with van der Waals surface area (Å²) in [6.07, 6.45) is 3.45. The molecule has 7 nitrogen and oxygen atoms in total. The van der Waals surface area contributed by atoms with Gasteiger partial charge in [-0.3, -0.25) is 4.79 Å². The molecule has 7 heteroatoms. The van der Waals surface area contributed by atoms with Crippen molar-refractivity contribution in [3.8, 4) is 0 Å². The second-order valence-corrected chi connectivity index (χ2v) is 5.40. The number of nitrogens with zero attached hydrogens (tertiary/aromatic N) is 4. The number of hydrogen-bond donors (Lipinski definition) is 0. The summed E-state index contributed by atoms with van der Waals surface area (Å²) in [5, 5.41) is 0. The molecule has 0 aliphatic carbocycles. The Kier molecular flexibility index (Phi) is 4.03. The average molecular weight is 292 g/mol. The van der Waals surface area contributed by atoms with E-state index in [0.717, 1.165) is 6.54 Å². The normalized spacial score (nSPS) is 27.0. The van der Waals surface area contributed by atoms with E-state index in [1.807, 2.05) is 11.8 Å². The first-order chi connectivity index (χ1) is 10.2. The molecule has 2 aliphatic heterocycles.